The minimum absolute atomic E-state index is 0.0343. The average molecular weight is 255 g/mol. The molecular weight excluding hydrogens is 238 g/mol. The SMILES string of the molecule is NC(=O)C1CCN(C(=S)NC(=O)C2CC2)CC1. The molecule has 3 N–H and O–H groups in total. The number of carbonyl (C=O) groups is 2. The van der Waals surface area contributed by atoms with Gasteiger partial charge in [0.2, 0.25) is 11.8 Å². The molecule has 2 fully saturated rings. The van der Waals surface area contributed by atoms with Gasteiger partial charge in [-0.05, 0) is 37.9 Å². The Morgan fingerprint density at radius 2 is 1.71 bits per heavy atom. The highest BCUT2D eigenvalue weighted by Gasteiger charge is 2.31. The molecule has 0 aromatic heterocycles. The van der Waals surface area contributed by atoms with Crippen LogP contribution in [0.25, 0.3) is 0 Å². The van der Waals surface area contributed by atoms with Crippen molar-refractivity contribution < 1.29 is 9.59 Å². The Balaban J connectivity index is 1.77. The summed E-state index contributed by atoms with van der Waals surface area (Å²) in [5.74, 6) is -0.0890. The molecule has 1 aliphatic heterocycles. The Hall–Kier alpha value is -1.17. The van der Waals surface area contributed by atoms with Gasteiger partial charge >= 0.3 is 0 Å². The molecule has 17 heavy (non-hydrogen) atoms. The molecule has 6 heteroatoms. The van der Waals surface area contributed by atoms with Gasteiger partial charge in [-0.1, -0.05) is 0 Å². The number of piperidine rings is 1. The Kier molecular flexibility index (Phi) is 3.61. The molecule has 0 spiro atoms. The molecule has 0 aromatic carbocycles. The Morgan fingerprint density at radius 1 is 1.12 bits per heavy atom. The highest BCUT2D eigenvalue weighted by molar-refractivity contribution is 7.80. The van der Waals surface area contributed by atoms with Crippen LogP contribution in [0.2, 0.25) is 0 Å². The van der Waals surface area contributed by atoms with Gasteiger partial charge in [0.1, 0.15) is 0 Å². The van der Waals surface area contributed by atoms with Crippen molar-refractivity contribution in [3.8, 4) is 0 Å². The molecule has 2 rings (SSSR count). The molecule has 1 aliphatic carbocycles. The summed E-state index contributed by atoms with van der Waals surface area (Å²) in [7, 11) is 0. The van der Waals surface area contributed by atoms with Gasteiger partial charge in [0.25, 0.3) is 0 Å². The maximum Gasteiger partial charge on any atom is 0.229 e. The largest absolute Gasteiger partial charge is 0.369 e. The summed E-state index contributed by atoms with van der Waals surface area (Å²) in [6, 6.07) is 0. The van der Waals surface area contributed by atoms with E-state index in [2.05, 4.69) is 5.32 Å². The molecule has 0 unspecified atom stereocenters. The summed E-state index contributed by atoms with van der Waals surface area (Å²) in [4.78, 5) is 24.5. The predicted molar refractivity (Wildman–Crippen MR) is 67.0 cm³/mol. The monoisotopic (exact) mass is 255 g/mol. The molecule has 94 valence electrons. The quantitative estimate of drug-likeness (QED) is 0.681. The van der Waals surface area contributed by atoms with Gasteiger partial charge in [-0.3, -0.25) is 9.59 Å². The van der Waals surface area contributed by atoms with Crippen LogP contribution in [0.4, 0.5) is 0 Å². The lowest BCUT2D eigenvalue weighted by Gasteiger charge is -2.32. The van der Waals surface area contributed by atoms with Crippen LogP contribution in [0.5, 0.6) is 0 Å². The molecule has 1 heterocycles. The van der Waals surface area contributed by atoms with E-state index < -0.39 is 0 Å². The topological polar surface area (TPSA) is 75.4 Å². The van der Waals surface area contributed by atoms with Crippen LogP contribution in [0.1, 0.15) is 25.7 Å². The number of rotatable bonds is 2. The number of likely N-dealkylation sites (tertiary alicyclic amines) is 1. The van der Waals surface area contributed by atoms with E-state index in [4.69, 9.17) is 18.0 Å². The first-order valence-corrected chi connectivity index (χ1v) is 6.38. The number of nitrogens with two attached hydrogens (primary N) is 1. The second kappa shape index (κ2) is 5.00. The maximum absolute atomic E-state index is 11.5. The molecular formula is C11H17N3O2S. The number of hydrogen-bond acceptors (Lipinski definition) is 3. The standard InChI is InChI=1S/C11H17N3O2S/c12-9(15)7-3-5-14(6-4-7)11(17)13-10(16)8-1-2-8/h7-8H,1-6H2,(H2,12,15)(H,13,16,17). The zero-order chi connectivity index (χ0) is 12.4. The number of primary amides is 1. The minimum Gasteiger partial charge on any atom is -0.369 e. The highest BCUT2D eigenvalue weighted by Crippen LogP contribution is 2.28. The van der Waals surface area contributed by atoms with Crippen molar-refractivity contribution in [1.29, 1.82) is 0 Å². The molecule has 0 aromatic rings. The molecule has 0 bridgehead atoms. The van der Waals surface area contributed by atoms with E-state index >= 15 is 0 Å². The fourth-order valence-electron chi connectivity index (χ4n) is 2.00. The normalized spacial score (nSPS) is 21.1. The second-order valence-corrected chi connectivity index (χ2v) is 5.12. The zero-order valence-corrected chi connectivity index (χ0v) is 10.5. The Labute approximate surface area is 106 Å². The van der Waals surface area contributed by atoms with Gasteiger partial charge in [-0.25, -0.2) is 0 Å². The molecule has 1 saturated carbocycles. The number of amides is 2. The molecule has 0 radical (unpaired) electrons. The van der Waals surface area contributed by atoms with Gasteiger partial charge in [-0.15, -0.1) is 0 Å². The van der Waals surface area contributed by atoms with E-state index in [-0.39, 0.29) is 23.7 Å². The lowest BCUT2D eigenvalue weighted by Crippen LogP contribution is -2.48. The number of thiocarbonyl (C=S) groups is 1. The zero-order valence-electron chi connectivity index (χ0n) is 9.65. The van der Waals surface area contributed by atoms with Crippen LogP contribution in [0.3, 0.4) is 0 Å². The summed E-state index contributed by atoms with van der Waals surface area (Å²) in [6.45, 7) is 1.38. The lowest BCUT2D eigenvalue weighted by molar-refractivity contribution is -0.123. The summed E-state index contributed by atoms with van der Waals surface area (Å²) in [5, 5.41) is 3.25. The van der Waals surface area contributed by atoms with Crippen molar-refractivity contribution in [2.75, 3.05) is 13.1 Å². The number of nitrogens with zero attached hydrogens (tertiary/aromatic N) is 1. The third kappa shape index (κ3) is 3.15. The van der Waals surface area contributed by atoms with E-state index in [1.807, 2.05) is 4.90 Å². The van der Waals surface area contributed by atoms with Crippen molar-refractivity contribution in [2.45, 2.75) is 25.7 Å². The fraction of sp³-hybridized carbons (Fsp3) is 0.727. The first-order valence-electron chi connectivity index (χ1n) is 5.97. The first-order chi connectivity index (χ1) is 8.08. The van der Waals surface area contributed by atoms with E-state index in [1.165, 1.54) is 0 Å². The second-order valence-electron chi connectivity index (χ2n) is 4.73. The Morgan fingerprint density at radius 3 is 2.18 bits per heavy atom. The van der Waals surface area contributed by atoms with Gasteiger partial charge in [0.15, 0.2) is 5.11 Å². The third-order valence-electron chi connectivity index (χ3n) is 3.36. The summed E-state index contributed by atoms with van der Waals surface area (Å²) >= 11 is 5.18. The van der Waals surface area contributed by atoms with Gasteiger partial charge in [0.05, 0.1) is 0 Å². The van der Waals surface area contributed by atoms with Crippen molar-refractivity contribution in [3.05, 3.63) is 0 Å². The molecule has 5 nitrogen and oxygen atoms in total. The van der Waals surface area contributed by atoms with Crippen LogP contribution in [-0.2, 0) is 9.59 Å². The average Bonchev–Trinajstić information content (AvgIpc) is 3.12. The van der Waals surface area contributed by atoms with E-state index in [1.54, 1.807) is 0 Å². The first kappa shape index (κ1) is 12.3. The number of carbonyl (C=O) groups excluding carboxylic acids is 2. The van der Waals surface area contributed by atoms with Gasteiger partial charge in [-0.2, -0.15) is 0 Å². The summed E-state index contributed by atoms with van der Waals surface area (Å²) < 4.78 is 0. The maximum atomic E-state index is 11.5. The number of nitrogens with one attached hydrogen (secondary N) is 1. The number of hydrogen-bond donors (Lipinski definition) is 2. The van der Waals surface area contributed by atoms with Crippen molar-refractivity contribution in [2.24, 2.45) is 17.6 Å². The molecule has 2 aliphatic rings. The highest BCUT2D eigenvalue weighted by atomic mass is 32.1. The molecule has 0 atom stereocenters. The molecule has 1 saturated heterocycles. The fourth-order valence-corrected chi connectivity index (χ4v) is 2.28. The van der Waals surface area contributed by atoms with Gasteiger partial charge in [0, 0.05) is 24.9 Å². The van der Waals surface area contributed by atoms with Crippen LogP contribution in [-0.4, -0.2) is 34.9 Å². The summed E-state index contributed by atoms with van der Waals surface area (Å²) in [6.07, 6.45) is 3.37. The van der Waals surface area contributed by atoms with Gasteiger partial charge < -0.3 is 16.0 Å². The lowest BCUT2D eigenvalue weighted by atomic mass is 9.97. The van der Waals surface area contributed by atoms with E-state index in [0.717, 1.165) is 25.7 Å². The minimum atomic E-state index is -0.238. The van der Waals surface area contributed by atoms with Crippen LogP contribution >= 0.6 is 12.2 Å². The van der Waals surface area contributed by atoms with Crippen molar-refractivity contribution in [1.82, 2.24) is 10.2 Å². The van der Waals surface area contributed by atoms with E-state index in [9.17, 15) is 9.59 Å². The van der Waals surface area contributed by atoms with Crippen LogP contribution in [0.15, 0.2) is 0 Å². The van der Waals surface area contributed by atoms with E-state index in [0.29, 0.717) is 18.2 Å². The smallest absolute Gasteiger partial charge is 0.229 e. The predicted octanol–water partition coefficient (Wildman–Crippen LogP) is -0.00520. The molecule has 2 amide bonds. The summed E-state index contributed by atoms with van der Waals surface area (Å²) in [5.41, 5.74) is 5.26. The van der Waals surface area contributed by atoms with Crippen LogP contribution in [0, 0.1) is 11.8 Å². The van der Waals surface area contributed by atoms with Crippen LogP contribution < -0.4 is 11.1 Å². The van der Waals surface area contributed by atoms with Crippen molar-refractivity contribution >= 4 is 29.1 Å². The van der Waals surface area contributed by atoms with Crippen molar-refractivity contribution in [3.63, 3.8) is 0 Å². The Bertz CT molecular complexity index is 347. The third-order valence-corrected chi connectivity index (χ3v) is 3.72.